The van der Waals surface area contributed by atoms with E-state index in [1.807, 2.05) is 32.3 Å². The summed E-state index contributed by atoms with van der Waals surface area (Å²) in [6.45, 7) is 3.98. The van der Waals surface area contributed by atoms with Crippen LogP contribution in [0.3, 0.4) is 0 Å². The summed E-state index contributed by atoms with van der Waals surface area (Å²) in [6.07, 6.45) is 0.855. The molecule has 1 aromatic carbocycles. The Morgan fingerprint density at radius 2 is 1.94 bits per heavy atom. The highest BCUT2D eigenvalue weighted by molar-refractivity contribution is 5.19. The van der Waals surface area contributed by atoms with E-state index in [0.29, 0.717) is 5.92 Å². The zero-order chi connectivity index (χ0) is 13.4. The van der Waals surface area contributed by atoms with Crippen molar-refractivity contribution < 1.29 is 0 Å². The standard InChI is InChI=1S/C15H23N3/c1-13(14-7-5-4-6-8-14)11-15(12-16)17-9-10-18(2)3/h4-8,13,15,17H,9-11H2,1-3H3. The molecule has 2 unspecified atom stereocenters. The third kappa shape index (κ3) is 5.31. The second-order valence-electron chi connectivity index (χ2n) is 4.99. The summed E-state index contributed by atoms with van der Waals surface area (Å²) in [4.78, 5) is 2.11. The fourth-order valence-corrected chi connectivity index (χ4v) is 1.92. The van der Waals surface area contributed by atoms with E-state index in [1.165, 1.54) is 5.56 Å². The number of nitriles is 1. The quantitative estimate of drug-likeness (QED) is 0.800. The highest BCUT2D eigenvalue weighted by Gasteiger charge is 2.13. The van der Waals surface area contributed by atoms with Crippen molar-refractivity contribution in [1.29, 1.82) is 5.26 Å². The molecular weight excluding hydrogens is 222 g/mol. The molecule has 2 atom stereocenters. The third-order valence-corrected chi connectivity index (χ3v) is 3.06. The molecule has 0 radical (unpaired) electrons. The van der Waals surface area contributed by atoms with Crippen LogP contribution in [-0.2, 0) is 0 Å². The Labute approximate surface area is 110 Å². The van der Waals surface area contributed by atoms with Crippen molar-refractivity contribution in [2.75, 3.05) is 27.2 Å². The van der Waals surface area contributed by atoms with E-state index in [1.54, 1.807) is 0 Å². The summed E-state index contributed by atoms with van der Waals surface area (Å²) in [5.74, 6) is 0.405. The summed E-state index contributed by atoms with van der Waals surface area (Å²) in [7, 11) is 4.07. The van der Waals surface area contributed by atoms with Gasteiger partial charge in [-0.15, -0.1) is 0 Å². The van der Waals surface area contributed by atoms with Crippen LogP contribution in [-0.4, -0.2) is 38.1 Å². The van der Waals surface area contributed by atoms with Crippen LogP contribution in [0.2, 0.25) is 0 Å². The predicted octanol–water partition coefficient (Wildman–Crippen LogP) is 2.22. The zero-order valence-corrected chi connectivity index (χ0v) is 11.6. The van der Waals surface area contributed by atoms with Crippen LogP contribution in [0, 0.1) is 11.3 Å². The first-order chi connectivity index (χ1) is 8.63. The number of nitrogens with one attached hydrogen (secondary N) is 1. The fraction of sp³-hybridized carbons (Fsp3) is 0.533. The summed E-state index contributed by atoms with van der Waals surface area (Å²) in [5, 5.41) is 12.5. The Kier molecular flexibility index (Phi) is 6.42. The van der Waals surface area contributed by atoms with Gasteiger partial charge in [0.25, 0.3) is 0 Å². The minimum absolute atomic E-state index is 0.0693. The van der Waals surface area contributed by atoms with Crippen LogP contribution in [0.4, 0.5) is 0 Å². The molecule has 0 amide bonds. The molecule has 0 heterocycles. The number of likely N-dealkylation sites (N-methyl/N-ethyl adjacent to an activating group) is 1. The van der Waals surface area contributed by atoms with Gasteiger partial charge < -0.3 is 10.2 Å². The maximum atomic E-state index is 9.16. The number of nitrogens with zero attached hydrogens (tertiary/aromatic N) is 2. The minimum atomic E-state index is -0.0693. The average molecular weight is 245 g/mol. The van der Waals surface area contributed by atoms with Crippen LogP contribution in [0.15, 0.2) is 30.3 Å². The molecule has 0 saturated heterocycles. The van der Waals surface area contributed by atoms with Gasteiger partial charge >= 0.3 is 0 Å². The van der Waals surface area contributed by atoms with Gasteiger partial charge in [-0.2, -0.15) is 5.26 Å². The molecular formula is C15H23N3. The molecule has 3 heteroatoms. The molecule has 3 nitrogen and oxygen atoms in total. The molecule has 0 fully saturated rings. The fourth-order valence-electron chi connectivity index (χ4n) is 1.92. The molecule has 0 aromatic heterocycles. The molecule has 0 aliphatic rings. The molecule has 1 N–H and O–H groups in total. The smallest absolute Gasteiger partial charge is 0.0959 e. The predicted molar refractivity (Wildman–Crippen MR) is 75.4 cm³/mol. The lowest BCUT2D eigenvalue weighted by atomic mass is 9.94. The van der Waals surface area contributed by atoms with Crippen molar-refractivity contribution in [2.24, 2.45) is 0 Å². The van der Waals surface area contributed by atoms with Gasteiger partial charge in [0.2, 0.25) is 0 Å². The van der Waals surface area contributed by atoms with Gasteiger partial charge in [-0.05, 0) is 32.0 Å². The molecule has 0 aliphatic carbocycles. The van der Waals surface area contributed by atoms with Crippen molar-refractivity contribution in [3.8, 4) is 6.07 Å². The van der Waals surface area contributed by atoms with Gasteiger partial charge in [-0.3, -0.25) is 0 Å². The lowest BCUT2D eigenvalue weighted by Gasteiger charge is -2.18. The SMILES string of the molecule is CC(CC(C#N)NCCN(C)C)c1ccccc1. The van der Waals surface area contributed by atoms with Crippen molar-refractivity contribution in [3.63, 3.8) is 0 Å². The number of rotatable bonds is 7. The highest BCUT2D eigenvalue weighted by Crippen LogP contribution is 2.19. The van der Waals surface area contributed by atoms with Crippen molar-refractivity contribution in [2.45, 2.75) is 25.3 Å². The maximum absolute atomic E-state index is 9.16. The second kappa shape index (κ2) is 7.86. The summed E-state index contributed by atoms with van der Waals surface area (Å²) < 4.78 is 0. The van der Waals surface area contributed by atoms with Gasteiger partial charge in [0.05, 0.1) is 12.1 Å². The normalized spacial score (nSPS) is 14.2. The topological polar surface area (TPSA) is 39.1 Å². The van der Waals surface area contributed by atoms with Gasteiger partial charge in [-0.1, -0.05) is 37.3 Å². The average Bonchev–Trinajstić information content (AvgIpc) is 2.38. The van der Waals surface area contributed by atoms with E-state index in [0.717, 1.165) is 19.5 Å². The molecule has 1 aromatic rings. The lowest BCUT2D eigenvalue weighted by molar-refractivity contribution is 0.387. The first-order valence-electron chi connectivity index (χ1n) is 6.46. The van der Waals surface area contributed by atoms with Crippen LogP contribution >= 0.6 is 0 Å². The van der Waals surface area contributed by atoms with Crippen molar-refractivity contribution >= 4 is 0 Å². The van der Waals surface area contributed by atoms with E-state index in [4.69, 9.17) is 5.26 Å². The van der Waals surface area contributed by atoms with Gasteiger partial charge in [0.1, 0.15) is 0 Å². The van der Waals surface area contributed by atoms with E-state index in [2.05, 4.69) is 35.3 Å². The van der Waals surface area contributed by atoms with Crippen molar-refractivity contribution in [3.05, 3.63) is 35.9 Å². The lowest BCUT2D eigenvalue weighted by Crippen LogP contribution is -2.34. The first kappa shape index (κ1) is 14.7. The molecule has 18 heavy (non-hydrogen) atoms. The van der Waals surface area contributed by atoms with E-state index in [-0.39, 0.29) is 6.04 Å². The van der Waals surface area contributed by atoms with Crippen molar-refractivity contribution in [1.82, 2.24) is 10.2 Å². The molecule has 0 saturated carbocycles. The first-order valence-corrected chi connectivity index (χ1v) is 6.46. The molecule has 98 valence electrons. The van der Waals surface area contributed by atoms with Gasteiger partial charge in [0, 0.05) is 13.1 Å². The van der Waals surface area contributed by atoms with Crippen LogP contribution in [0.5, 0.6) is 0 Å². The molecule has 0 aliphatic heterocycles. The highest BCUT2D eigenvalue weighted by atomic mass is 15.1. The Morgan fingerprint density at radius 3 is 2.50 bits per heavy atom. The summed E-state index contributed by atoms with van der Waals surface area (Å²) >= 11 is 0. The maximum Gasteiger partial charge on any atom is 0.0959 e. The van der Waals surface area contributed by atoms with Crippen LogP contribution < -0.4 is 5.32 Å². The molecule has 0 bridgehead atoms. The second-order valence-corrected chi connectivity index (χ2v) is 4.99. The molecule has 0 spiro atoms. The van der Waals surface area contributed by atoms with Gasteiger partial charge in [-0.25, -0.2) is 0 Å². The Bertz CT molecular complexity index is 367. The Morgan fingerprint density at radius 1 is 1.28 bits per heavy atom. The van der Waals surface area contributed by atoms with Gasteiger partial charge in [0.15, 0.2) is 0 Å². The van der Waals surface area contributed by atoms with Crippen LogP contribution in [0.1, 0.15) is 24.8 Å². The van der Waals surface area contributed by atoms with Crippen LogP contribution in [0.25, 0.3) is 0 Å². The summed E-state index contributed by atoms with van der Waals surface area (Å²) in [6, 6.07) is 12.6. The number of benzene rings is 1. The summed E-state index contributed by atoms with van der Waals surface area (Å²) in [5.41, 5.74) is 1.30. The Balaban J connectivity index is 2.41. The third-order valence-electron chi connectivity index (χ3n) is 3.06. The Hall–Kier alpha value is -1.37. The zero-order valence-electron chi connectivity index (χ0n) is 11.6. The monoisotopic (exact) mass is 245 g/mol. The molecule has 1 rings (SSSR count). The minimum Gasteiger partial charge on any atom is -0.308 e. The number of hydrogen-bond acceptors (Lipinski definition) is 3. The number of hydrogen-bond donors (Lipinski definition) is 1. The largest absolute Gasteiger partial charge is 0.308 e. The van der Waals surface area contributed by atoms with E-state index < -0.39 is 0 Å². The van der Waals surface area contributed by atoms with E-state index in [9.17, 15) is 0 Å². The van der Waals surface area contributed by atoms with E-state index >= 15 is 0 Å².